The van der Waals surface area contributed by atoms with E-state index in [-0.39, 0.29) is 11.8 Å². The first kappa shape index (κ1) is 17.9. The van der Waals surface area contributed by atoms with Gasteiger partial charge in [-0.3, -0.25) is 4.79 Å². The van der Waals surface area contributed by atoms with Gasteiger partial charge in [-0.2, -0.15) is 0 Å². The van der Waals surface area contributed by atoms with E-state index in [9.17, 15) is 4.79 Å². The van der Waals surface area contributed by atoms with E-state index in [0.717, 1.165) is 16.8 Å². The summed E-state index contributed by atoms with van der Waals surface area (Å²) < 4.78 is 0. The number of amides is 1. The third kappa shape index (κ3) is 4.28. The molecule has 4 rings (SSSR count). The van der Waals surface area contributed by atoms with Gasteiger partial charge in [0.05, 0.1) is 11.6 Å². The maximum Gasteiger partial charge on any atom is 0.238 e. The van der Waals surface area contributed by atoms with E-state index in [0.29, 0.717) is 11.0 Å². The topological polar surface area (TPSA) is 42.0 Å². The minimum atomic E-state index is -0.338. The van der Waals surface area contributed by atoms with Crippen LogP contribution in [0.1, 0.15) is 60.8 Å². The Morgan fingerprint density at radius 1 is 0.926 bits per heavy atom. The number of nitrogens with zero attached hydrogens (tertiary/aromatic N) is 1. The Morgan fingerprint density at radius 2 is 1.52 bits per heavy atom. The summed E-state index contributed by atoms with van der Waals surface area (Å²) in [4.78, 5) is 17.9. The zero-order valence-corrected chi connectivity index (χ0v) is 16.1. The van der Waals surface area contributed by atoms with Crippen molar-refractivity contribution in [2.45, 2.75) is 43.9 Å². The van der Waals surface area contributed by atoms with Gasteiger partial charge < -0.3 is 5.32 Å². The molecule has 4 heteroatoms. The zero-order valence-electron chi connectivity index (χ0n) is 15.3. The Hall–Kier alpha value is -2.46. The maximum absolute atomic E-state index is 13.2. The second-order valence-electron chi connectivity index (χ2n) is 7.16. The highest BCUT2D eigenvalue weighted by Gasteiger charge is 2.24. The highest BCUT2D eigenvalue weighted by molar-refractivity contribution is 7.13. The summed E-state index contributed by atoms with van der Waals surface area (Å²) in [6.45, 7) is 0. The van der Waals surface area contributed by atoms with Crippen LogP contribution in [0.3, 0.4) is 0 Å². The van der Waals surface area contributed by atoms with Crippen molar-refractivity contribution < 1.29 is 4.79 Å². The van der Waals surface area contributed by atoms with E-state index in [1.165, 1.54) is 43.4 Å². The molecule has 1 aliphatic carbocycles. The number of benzene rings is 2. The average Bonchev–Trinajstić information content (AvgIpc) is 3.19. The Labute approximate surface area is 164 Å². The molecule has 0 unspecified atom stereocenters. The number of hydrogen-bond acceptors (Lipinski definition) is 3. The molecule has 1 saturated carbocycles. The molecule has 1 heterocycles. The summed E-state index contributed by atoms with van der Waals surface area (Å²) in [5.74, 6) is 0.186. The molecule has 0 radical (unpaired) electrons. The highest BCUT2D eigenvalue weighted by atomic mass is 32.1. The molecule has 0 bridgehead atoms. The van der Waals surface area contributed by atoms with Gasteiger partial charge in [-0.1, -0.05) is 79.9 Å². The second kappa shape index (κ2) is 8.49. The molecule has 0 atom stereocenters. The third-order valence-electron chi connectivity index (χ3n) is 5.30. The van der Waals surface area contributed by atoms with Gasteiger partial charge in [0.25, 0.3) is 0 Å². The summed E-state index contributed by atoms with van der Waals surface area (Å²) in [6, 6.07) is 19.9. The molecule has 1 aromatic heterocycles. The number of carbonyl (C=O) groups excluding carboxylic acids is 1. The molecule has 27 heavy (non-hydrogen) atoms. The summed E-state index contributed by atoms with van der Waals surface area (Å²) in [6.07, 6.45) is 6.34. The van der Waals surface area contributed by atoms with Crippen molar-refractivity contribution in [3.8, 4) is 0 Å². The van der Waals surface area contributed by atoms with Gasteiger partial charge in [0.1, 0.15) is 0 Å². The van der Waals surface area contributed by atoms with Crippen molar-refractivity contribution in [1.29, 1.82) is 0 Å². The molecule has 1 amide bonds. The van der Waals surface area contributed by atoms with E-state index in [1.54, 1.807) is 0 Å². The van der Waals surface area contributed by atoms with Crippen LogP contribution in [0.5, 0.6) is 0 Å². The van der Waals surface area contributed by atoms with Gasteiger partial charge >= 0.3 is 0 Å². The molecular weight excluding hydrogens is 352 g/mol. The Bertz CT molecular complexity index is 830. The Kier molecular flexibility index (Phi) is 5.64. The lowest BCUT2D eigenvalue weighted by molar-refractivity contribution is -0.116. The zero-order chi connectivity index (χ0) is 18.5. The van der Waals surface area contributed by atoms with Crippen LogP contribution in [-0.2, 0) is 4.79 Å². The van der Waals surface area contributed by atoms with Gasteiger partial charge in [-0.15, -0.1) is 11.3 Å². The Morgan fingerprint density at radius 3 is 2.11 bits per heavy atom. The van der Waals surface area contributed by atoms with Crippen LogP contribution >= 0.6 is 11.3 Å². The van der Waals surface area contributed by atoms with Crippen molar-refractivity contribution in [1.82, 2.24) is 4.98 Å². The van der Waals surface area contributed by atoms with Crippen LogP contribution in [-0.4, -0.2) is 10.9 Å². The van der Waals surface area contributed by atoms with Crippen LogP contribution < -0.4 is 5.32 Å². The standard InChI is InChI=1S/C23H24N2OS/c26-22(25-23-24-20(16-27-23)17-10-4-1-5-11-17)21(18-12-6-2-7-13-18)19-14-8-3-9-15-19/h2-3,6-9,12-17,21H,1,4-5,10-11H2,(H,24,25,26). The molecule has 1 aliphatic rings. The molecule has 0 saturated heterocycles. The largest absolute Gasteiger partial charge is 0.301 e. The second-order valence-corrected chi connectivity index (χ2v) is 8.01. The minimum absolute atomic E-state index is 0.0306. The third-order valence-corrected chi connectivity index (χ3v) is 6.08. The number of carbonyl (C=O) groups is 1. The molecule has 1 fully saturated rings. The van der Waals surface area contributed by atoms with Crippen molar-refractivity contribution in [3.05, 3.63) is 82.9 Å². The fourth-order valence-electron chi connectivity index (χ4n) is 3.89. The molecule has 3 aromatic rings. The monoisotopic (exact) mass is 376 g/mol. The predicted octanol–water partition coefficient (Wildman–Crippen LogP) is 5.96. The fourth-order valence-corrected chi connectivity index (χ4v) is 4.69. The molecular formula is C23H24N2OS. The molecule has 3 nitrogen and oxygen atoms in total. The molecule has 0 aliphatic heterocycles. The summed E-state index contributed by atoms with van der Waals surface area (Å²) >= 11 is 1.54. The predicted molar refractivity (Wildman–Crippen MR) is 111 cm³/mol. The van der Waals surface area contributed by atoms with Gasteiger partial charge in [0.2, 0.25) is 5.91 Å². The van der Waals surface area contributed by atoms with Crippen LogP contribution in [0.15, 0.2) is 66.0 Å². The summed E-state index contributed by atoms with van der Waals surface area (Å²) in [7, 11) is 0. The first-order valence-electron chi connectivity index (χ1n) is 9.67. The van der Waals surface area contributed by atoms with Crippen LogP contribution in [0, 0.1) is 0 Å². The van der Waals surface area contributed by atoms with E-state index in [2.05, 4.69) is 10.7 Å². The number of thiazole rings is 1. The van der Waals surface area contributed by atoms with Gasteiger partial charge in [0, 0.05) is 11.3 Å². The average molecular weight is 377 g/mol. The lowest BCUT2D eigenvalue weighted by atomic mass is 9.87. The van der Waals surface area contributed by atoms with E-state index < -0.39 is 0 Å². The van der Waals surface area contributed by atoms with Crippen molar-refractivity contribution in [3.63, 3.8) is 0 Å². The number of aromatic nitrogens is 1. The van der Waals surface area contributed by atoms with E-state index in [4.69, 9.17) is 4.98 Å². The van der Waals surface area contributed by atoms with E-state index >= 15 is 0 Å². The fraction of sp³-hybridized carbons (Fsp3) is 0.304. The first-order valence-corrected chi connectivity index (χ1v) is 10.6. The lowest BCUT2D eigenvalue weighted by Gasteiger charge is -2.19. The summed E-state index contributed by atoms with van der Waals surface area (Å²) in [5.41, 5.74) is 3.13. The van der Waals surface area contributed by atoms with E-state index in [1.807, 2.05) is 60.7 Å². The first-order chi connectivity index (χ1) is 13.3. The highest BCUT2D eigenvalue weighted by Crippen LogP contribution is 2.34. The molecule has 138 valence electrons. The van der Waals surface area contributed by atoms with Gasteiger partial charge in [0.15, 0.2) is 5.13 Å². The minimum Gasteiger partial charge on any atom is -0.301 e. The summed E-state index contributed by atoms with van der Waals surface area (Å²) in [5, 5.41) is 5.89. The number of hydrogen-bond donors (Lipinski definition) is 1. The van der Waals surface area contributed by atoms with Crippen LogP contribution in [0.4, 0.5) is 5.13 Å². The Balaban J connectivity index is 1.55. The normalized spacial score (nSPS) is 15.0. The number of nitrogens with one attached hydrogen (secondary N) is 1. The van der Waals surface area contributed by atoms with Gasteiger partial charge in [-0.25, -0.2) is 4.98 Å². The van der Waals surface area contributed by atoms with Gasteiger partial charge in [-0.05, 0) is 24.0 Å². The van der Waals surface area contributed by atoms with Crippen LogP contribution in [0.25, 0.3) is 0 Å². The smallest absolute Gasteiger partial charge is 0.238 e. The quantitative estimate of drug-likeness (QED) is 0.597. The molecule has 2 aromatic carbocycles. The molecule has 0 spiro atoms. The maximum atomic E-state index is 13.2. The number of anilines is 1. The number of rotatable bonds is 5. The van der Waals surface area contributed by atoms with Crippen molar-refractivity contribution in [2.24, 2.45) is 0 Å². The van der Waals surface area contributed by atoms with Crippen LogP contribution in [0.2, 0.25) is 0 Å². The molecule has 1 N–H and O–H groups in total. The SMILES string of the molecule is O=C(Nc1nc(C2CCCCC2)cs1)C(c1ccccc1)c1ccccc1. The van der Waals surface area contributed by atoms with Crippen molar-refractivity contribution in [2.75, 3.05) is 5.32 Å². The lowest BCUT2D eigenvalue weighted by Crippen LogP contribution is -2.22. The van der Waals surface area contributed by atoms with Crippen molar-refractivity contribution >= 4 is 22.4 Å².